The summed E-state index contributed by atoms with van der Waals surface area (Å²) in [6, 6.07) is 1.21. The van der Waals surface area contributed by atoms with Crippen LogP contribution in [0.2, 0.25) is 0 Å². The summed E-state index contributed by atoms with van der Waals surface area (Å²) in [5.41, 5.74) is 0.660. The molecule has 1 heterocycles. The third-order valence-corrected chi connectivity index (χ3v) is 1.86. The van der Waals surface area contributed by atoms with Crippen molar-refractivity contribution in [3.8, 4) is 0 Å². The van der Waals surface area contributed by atoms with Gasteiger partial charge in [0.1, 0.15) is 6.54 Å². The van der Waals surface area contributed by atoms with Crippen molar-refractivity contribution in [1.82, 2.24) is 5.32 Å². The maximum absolute atomic E-state index is 10.9. The number of hydrogen-bond donors (Lipinski definition) is 3. The van der Waals surface area contributed by atoms with E-state index in [1.807, 2.05) is 5.38 Å². The van der Waals surface area contributed by atoms with Gasteiger partial charge in [0.2, 0.25) is 0 Å². The Hall–Kier alpha value is -1.56. The highest BCUT2D eigenvalue weighted by molar-refractivity contribution is 7.08. The molecule has 2 amide bonds. The molecule has 0 fully saturated rings. The number of anilines is 1. The Morgan fingerprint density at radius 3 is 2.85 bits per heavy atom. The number of carboxylic acids is 1. The van der Waals surface area contributed by atoms with Crippen molar-refractivity contribution in [3.05, 3.63) is 16.8 Å². The molecule has 0 aromatic carbocycles. The molecule has 70 valence electrons. The number of aliphatic carboxylic acids is 1. The van der Waals surface area contributed by atoms with E-state index in [-0.39, 0.29) is 6.54 Å². The number of urea groups is 1. The van der Waals surface area contributed by atoms with Crippen LogP contribution in [0, 0.1) is 0 Å². The monoisotopic (exact) mass is 200 g/mol. The largest absolute Gasteiger partial charge is 0.480 e. The van der Waals surface area contributed by atoms with Gasteiger partial charge < -0.3 is 15.7 Å². The van der Waals surface area contributed by atoms with Crippen LogP contribution in [0.15, 0.2) is 16.8 Å². The highest BCUT2D eigenvalue weighted by Crippen LogP contribution is 2.10. The lowest BCUT2D eigenvalue weighted by Crippen LogP contribution is -2.32. The van der Waals surface area contributed by atoms with Gasteiger partial charge in [-0.25, -0.2) is 4.79 Å². The fourth-order valence-electron chi connectivity index (χ4n) is 0.667. The lowest BCUT2D eigenvalue weighted by Gasteiger charge is -2.02. The van der Waals surface area contributed by atoms with Crippen LogP contribution in [0.25, 0.3) is 0 Å². The zero-order valence-electron chi connectivity index (χ0n) is 6.61. The van der Waals surface area contributed by atoms with Crippen LogP contribution in [-0.4, -0.2) is 23.7 Å². The molecule has 0 bridgehead atoms. The number of nitrogens with one attached hydrogen (secondary N) is 2. The van der Waals surface area contributed by atoms with Crippen LogP contribution in [-0.2, 0) is 4.79 Å². The first-order chi connectivity index (χ1) is 6.18. The van der Waals surface area contributed by atoms with E-state index >= 15 is 0 Å². The first kappa shape index (κ1) is 9.53. The first-order valence-corrected chi connectivity index (χ1v) is 4.41. The third-order valence-electron chi connectivity index (χ3n) is 1.18. The van der Waals surface area contributed by atoms with Crippen molar-refractivity contribution >= 4 is 29.0 Å². The summed E-state index contributed by atoms with van der Waals surface area (Å²) in [4.78, 5) is 21.0. The van der Waals surface area contributed by atoms with E-state index in [4.69, 9.17) is 5.11 Å². The van der Waals surface area contributed by atoms with Crippen molar-refractivity contribution in [2.45, 2.75) is 0 Å². The maximum atomic E-state index is 10.9. The fourth-order valence-corrected chi connectivity index (χ4v) is 1.25. The van der Waals surface area contributed by atoms with Gasteiger partial charge >= 0.3 is 12.0 Å². The van der Waals surface area contributed by atoms with Crippen LogP contribution in [0.1, 0.15) is 0 Å². The Balaban J connectivity index is 2.30. The number of amides is 2. The predicted octanol–water partition coefficient (Wildman–Crippen LogP) is 0.954. The molecule has 0 radical (unpaired) electrons. The molecule has 0 spiro atoms. The number of hydrogen-bond acceptors (Lipinski definition) is 3. The molecule has 3 N–H and O–H groups in total. The quantitative estimate of drug-likeness (QED) is 0.679. The van der Waals surface area contributed by atoms with Crippen LogP contribution >= 0.6 is 11.3 Å². The lowest BCUT2D eigenvalue weighted by atomic mass is 10.5. The zero-order chi connectivity index (χ0) is 9.68. The molecule has 1 rings (SSSR count). The van der Waals surface area contributed by atoms with E-state index in [2.05, 4.69) is 10.6 Å². The summed E-state index contributed by atoms with van der Waals surface area (Å²) in [6.45, 7) is -0.379. The second-order valence-corrected chi connectivity index (χ2v) is 2.99. The number of carbonyl (C=O) groups is 2. The Kier molecular flexibility index (Phi) is 3.27. The summed E-state index contributed by atoms with van der Waals surface area (Å²) < 4.78 is 0. The second-order valence-electron chi connectivity index (χ2n) is 2.21. The van der Waals surface area contributed by atoms with Gasteiger partial charge in [-0.3, -0.25) is 4.79 Å². The van der Waals surface area contributed by atoms with Crippen LogP contribution in [0.4, 0.5) is 10.5 Å². The summed E-state index contributed by atoms with van der Waals surface area (Å²) in [7, 11) is 0. The van der Waals surface area contributed by atoms with Gasteiger partial charge in [-0.05, 0) is 11.4 Å². The Bertz CT molecular complexity index is 297. The normalized spacial score (nSPS) is 9.23. The molecule has 0 aliphatic rings. The topological polar surface area (TPSA) is 78.4 Å². The number of carbonyl (C=O) groups excluding carboxylic acids is 1. The molecule has 0 saturated carbocycles. The molecule has 0 aliphatic heterocycles. The van der Waals surface area contributed by atoms with Crippen molar-refractivity contribution in [3.63, 3.8) is 0 Å². The second kappa shape index (κ2) is 4.46. The molecular weight excluding hydrogens is 192 g/mol. The Labute approximate surface area is 78.4 Å². The number of carboxylic acid groups (broad SMARTS) is 1. The summed E-state index contributed by atoms with van der Waals surface area (Å²) in [6.07, 6.45) is 0. The number of thiophene rings is 1. The maximum Gasteiger partial charge on any atom is 0.323 e. The van der Waals surface area contributed by atoms with Crippen LogP contribution in [0.5, 0.6) is 0 Å². The first-order valence-electron chi connectivity index (χ1n) is 3.47. The van der Waals surface area contributed by atoms with Crippen LogP contribution in [0.3, 0.4) is 0 Å². The smallest absolute Gasteiger partial charge is 0.323 e. The average molecular weight is 200 g/mol. The third kappa shape index (κ3) is 3.57. The average Bonchev–Trinajstić information content (AvgIpc) is 2.53. The molecule has 0 saturated heterocycles. The van der Waals surface area contributed by atoms with Gasteiger partial charge in [-0.1, -0.05) is 0 Å². The minimum Gasteiger partial charge on any atom is -0.480 e. The molecular formula is C7H8N2O3S. The van der Waals surface area contributed by atoms with Crippen molar-refractivity contribution < 1.29 is 14.7 Å². The molecule has 6 heteroatoms. The van der Waals surface area contributed by atoms with E-state index < -0.39 is 12.0 Å². The lowest BCUT2D eigenvalue weighted by molar-refractivity contribution is -0.135. The number of rotatable bonds is 3. The molecule has 0 unspecified atom stereocenters. The van der Waals surface area contributed by atoms with Gasteiger partial charge in [-0.15, -0.1) is 0 Å². The van der Waals surface area contributed by atoms with Gasteiger partial charge in [0.05, 0.1) is 5.69 Å². The van der Waals surface area contributed by atoms with E-state index in [9.17, 15) is 9.59 Å². The van der Waals surface area contributed by atoms with Gasteiger partial charge in [0.15, 0.2) is 0 Å². The van der Waals surface area contributed by atoms with Gasteiger partial charge in [-0.2, -0.15) is 11.3 Å². The van der Waals surface area contributed by atoms with E-state index in [1.54, 1.807) is 11.4 Å². The standard InChI is InChI=1S/C7H8N2O3S/c10-6(11)3-8-7(12)9-5-1-2-13-4-5/h1-2,4H,3H2,(H,10,11)(H2,8,9,12). The zero-order valence-corrected chi connectivity index (χ0v) is 7.43. The Morgan fingerprint density at radius 2 is 2.31 bits per heavy atom. The highest BCUT2D eigenvalue weighted by atomic mass is 32.1. The van der Waals surface area contributed by atoms with E-state index in [1.165, 1.54) is 11.3 Å². The molecule has 1 aromatic heterocycles. The SMILES string of the molecule is O=C(O)CNC(=O)Nc1ccsc1. The van der Waals surface area contributed by atoms with E-state index in [0.29, 0.717) is 5.69 Å². The van der Waals surface area contributed by atoms with E-state index in [0.717, 1.165) is 0 Å². The van der Waals surface area contributed by atoms with Crippen molar-refractivity contribution in [1.29, 1.82) is 0 Å². The molecule has 5 nitrogen and oxygen atoms in total. The molecule has 0 atom stereocenters. The molecule has 0 aliphatic carbocycles. The van der Waals surface area contributed by atoms with Gasteiger partial charge in [0, 0.05) is 5.38 Å². The van der Waals surface area contributed by atoms with Crippen LogP contribution < -0.4 is 10.6 Å². The van der Waals surface area contributed by atoms with Gasteiger partial charge in [0.25, 0.3) is 0 Å². The van der Waals surface area contributed by atoms with Crippen molar-refractivity contribution in [2.75, 3.05) is 11.9 Å². The molecule has 1 aromatic rings. The highest BCUT2D eigenvalue weighted by Gasteiger charge is 2.02. The molecule has 13 heavy (non-hydrogen) atoms. The summed E-state index contributed by atoms with van der Waals surface area (Å²) >= 11 is 1.45. The minimum atomic E-state index is -1.07. The Morgan fingerprint density at radius 1 is 1.54 bits per heavy atom. The predicted molar refractivity (Wildman–Crippen MR) is 49.0 cm³/mol. The van der Waals surface area contributed by atoms with Crippen molar-refractivity contribution in [2.24, 2.45) is 0 Å². The summed E-state index contributed by atoms with van der Waals surface area (Å²) in [5.74, 6) is -1.07. The minimum absolute atomic E-state index is 0.379. The fraction of sp³-hybridized carbons (Fsp3) is 0.143. The summed E-state index contributed by atoms with van der Waals surface area (Å²) in [5, 5.41) is 16.5.